The van der Waals surface area contributed by atoms with Gasteiger partial charge >= 0.3 is 0 Å². The third-order valence-corrected chi connectivity index (χ3v) is 4.63. The number of β-lactam (4-membered cyclic amide) rings is 1. The van der Waals surface area contributed by atoms with Crippen molar-refractivity contribution in [2.45, 2.75) is 12.1 Å². The van der Waals surface area contributed by atoms with Gasteiger partial charge in [-0.15, -0.1) is 0 Å². The van der Waals surface area contributed by atoms with Crippen molar-refractivity contribution in [2.24, 2.45) is 0 Å². The van der Waals surface area contributed by atoms with E-state index in [9.17, 15) is 9.18 Å². The first-order valence-electron chi connectivity index (χ1n) is 8.62. The summed E-state index contributed by atoms with van der Waals surface area (Å²) in [4.78, 5) is 14.4. The Morgan fingerprint density at radius 3 is 2.19 bits per heavy atom. The lowest BCUT2D eigenvalue weighted by molar-refractivity contribution is -0.135. The maximum Gasteiger partial charge on any atom is 0.271 e. The number of hydrogen-bond donors (Lipinski definition) is 0. The van der Waals surface area contributed by atoms with Crippen molar-refractivity contribution in [1.29, 1.82) is 0 Å². The van der Waals surface area contributed by atoms with Crippen LogP contribution in [0.4, 0.5) is 10.1 Å². The van der Waals surface area contributed by atoms with Crippen molar-refractivity contribution < 1.29 is 18.7 Å². The maximum absolute atomic E-state index is 14.5. The summed E-state index contributed by atoms with van der Waals surface area (Å²) in [6.45, 7) is 0. The highest BCUT2D eigenvalue weighted by Crippen LogP contribution is 2.42. The van der Waals surface area contributed by atoms with Gasteiger partial charge in [-0.2, -0.15) is 0 Å². The van der Waals surface area contributed by atoms with Gasteiger partial charge in [-0.3, -0.25) is 9.69 Å². The predicted octanol–water partition coefficient (Wildman–Crippen LogP) is 4.37. The molecule has 2 atom stereocenters. The van der Waals surface area contributed by atoms with Crippen LogP contribution in [-0.4, -0.2) is 19.1 Å². The monoisotopic (exact) mass is 363 g/mol. The van der Waals surface area contributed by atoms with Crippen molar-refractivity contribution >= 4 is 11.6 Å². The Hall–Kier alpha value is -3.34. The summed E-state index contributed by atoms with van der Waals surface area (Å²) in [5.74, 6) is 0.685. The standard InChI is InChI=1S/C22H18FNO3/c1-26-16-13-11-15(12-14-16)24-20(18-9-5-6-10-19(18)23)21(22(24)25)27-17-7-3-2-4-8-17/h2-14,20-21H,1H3/t20-,21+/m1/s1. The van der Waals surface area contributed by atoms with Gasteiger partial charge in [0.1, 0.15) is 23.4 Å². The SMILES string of the molecule is COc1ccc(N2C(=O)[C@@H](Oc3ccccc3)[C@H]2c2ccccc2F)cc1. The second kappa shape index (κ2) is 7.11. The van der Waals surface area contributed by atoms with E-state index in [2.05, 4.69) is 0 Å². The molecule has 0 unspecified atom stereocenters. The Morgan fingerprint density at radius 1 is 0.852 bits per heavy atom. The number of carbonyl (C=O) groups excluding carboxylic acids is 1. The van der Waals surface area contributed by atoms with Gasteiger partial charge in [0.05, 0.1) is 7.11 Å². The Morgan fingerprint density at radius 2 is 1.52 bits per heavy atom. The Bertz CT molecular complexity index is 943. The average molecular weight is 363 g/mol. The van der Waals surface area contributed by atoms with Crippen molar-refractivity contribution in [2.75, 3.05) is 12.0 Å². The number of rotatable bonds is 5. The highest BCUT2D eigenvalue weighted by Gasteiger charge is 2.51. The van der Waals surface area contributed by atoms with Crippen LogP contribution in [0.15, 0.2) is 78.9 Å². The van der Waals surface area contributed by atoms with Crippen LogP contribution >= 0.6 is 0 Å². The molecule has 0 N–H and O–H groups in total. The molecule has 0 bridgehead atoms. The van der Waals surface area contributed by atoms with Crippen LogP contribution < -0.4 is 14.4 Å². The minimum atomic E-state index is -0.786. The van der Waals surface area contributed by atoms with E-state index in [4.69, 9.17) is 9.47 Å². The first-order valence-corrected chi connectivity index (χ1v) is 8.62. The number of carbonyl (C=O) groups is 1. The highest BCUT2D eigenvalue weighted by molar-refractivity contribution is 6.05. The molecule has 0 spiro atoms. The molecule has 5 heteroatoms. The topological polar surface area (TPSA) is 38.8 Å². The molecule has 3 aromatic rings. The van der Waals surface area contributed by atoms with Crippen LogP contribution in [0.3, 0.4) is 0 Å². The Balaban J connectivity index is 1.70. The third-order valence-electron chi connectivity index (χ3n) is 4.63. The minimum Gasteiger partial charge on any atom is -0.497 e. The van der Waals surface area contributed by atoms with Crippen LogP contribution in [0.1, 0.15) is 11.6 Å². The minimum absolute atomic E-state index is 0.211. The lowest BCUT2D eigenvalue weighted by atomic mass is 9.89. The summed E-state index contributed by atoms with van der Waals surface area (Å²) in [7, 11) is 1.58. The van der Waals surface area contributed by atoms with Crippen LogP contribution in [0.2, 0.25) is 0 Å². The number of amides is 1. The number of ether oxygens (including phenoxy) is 2. The zero-order chi connectivity index (χ0) is 18.8. The molecule has 0 saturated carbocycles. The fourth-order valence-corrected chi connectivity index (χ4v) is 3.27. The van der Waals surface area contributed by atoms with E-state index in [0.29, 0.717) is 22.7 Å². The maximum atomic E-state index is 14.5. The number of halogens is 1. The molecule has 0 aliphatic carbocycles. The van der Waals surface area contributed by atoms with Crippen molar-refractivity contribution in [3.05, 3.63) is 90.2 Å². The lowest BCUT2D eigenvalue weighted by Gasteiger charge is -2.46. The second-order valence-electron chi connectivity index (χ2n) is 6.22. The summed E-state index contributed by atoms with van der Waals surface area (Å²) in [6.07, 6.45) is -0.786. The molecule has 1 saturated heterocycles. The van der Waals surface area contributed by atoms with E-state index in [1.807, 2.05) is 18.2 Å². The molecule has 1 heterocycles. The third kappa shape index (κ3) is 3.12. The highest BCUT2D eigenvalue weighted by atomic mass is 19.1. The number of hydrogen-bond acceptors (Lipinski definition) is 3. The Kier molecular flexibility index (Phi) is 4.50. The van der Waals surface area contributed by atoms with E-state index >= 15 is 0 Å². The van der Waals surface area contributed by atoms with Gasteiger partial charge in [0, 0.05) is 11.3 Å². The van der Waals surface area contributed by atoms with Crippen molar-refractivity contribution in [1.82, 2.24) is 0 Å². The second-order valence-corrected chi connectivity index (χ2v) is 6.22. The zero-order valence-corrected chi connectivity index (χ0v) is 14.7. The first-order chi connectivity index (χ1) is 13.2. The van der Waals surface area contributed by atoms with Crippen LogP contribution in [0.5, 0.6) is 11.5 Å². The largest absolute Gasteiger partial charge is 0.497 e. The van der Waals surface area contributed by atoms with Crippen LogP contribution in [0, 0.1) is 5.82 Å². The zero-order valence-electron chi connectivity index (χ0n) is 14.7. The van der Waals surface area contributed by atoms with Crippen molar-refractivity contribution in [3.63, 3.8) is 0 Å². The van der Waals surface area contributed by atoms with Gasteiger partial charge in [-0.05, 0) is 42.5 Å². The van der Waals surface area contributed by atoms with E-state index < -0.39 is 12.1 Å². The molecule has 4 nitrogen and oxygen atoms in total. The average Bonchev–Trinajstić information content (AvgIpc) is 2.72. The molecule has 1 fully saturated rings. The van der Waals surface area contributed by atoms with E-state index in [0.717, 1.165) is 0 Å². The van der Waals surface area contributed by atoms with E-state index in [-0.39, 0.29) is 11.7 Å². The van der Waals surface area contributed by atoms with Gasteiger partial charge in [0.2, 0.25) is 6.10 Å². The number of anilines is 1. The van der Waals surface area contributed by atoms with Gasteiger partial charge in [-0.25, -0.2) is 4.39 Å². The molecule has 3 aromatic carbocycles. The molecule has 1 aliphatic heterocycles. The van der Waals surface area contributed by atoms with Gasteiger partial charge < -0.3 is 9.47 Å². The smallest absolute Gasteiger partial charge is 0.271 e. The van der Waals surface area contributed by atoms with Gasteiger partial charge in [0.25, 0.3) is 5.91 Å². The molecule has 1 aliphatic rings. The molecule has 27 heavy (non-hydrogen) atoms. The molecule has 136 valence electrons. The molecular weight excluding hydrogens is 345 g/mol. The summed E-state index contributed by atoms with van der Waals surface area (Å²) in [6, 6.07) is 22.1. The van der Waals surface area contributed by atoms with Crippen LogP contribution in [0.25, 0.3) is 0 Å². The van der Waals surface area contributed by atoms with E-state index in [1.54, 1.807) is 66.6 Å². The number of methoxy groups -OCH3 is 1. The normalized spacial score (nSPS) is 18.7. The molecule has 4 rings (SSSR count). The summed E-state index contributed by atoms with van der Waals surface area (Å²) < 4.78 is 25.6. The summed E-state index contributed by atoms with van der Waals surface area (Å²) >= 11 is 0. The number of benzene rings is 3. The van der Waals surface area contributed by atoms with Crippen LogP contribution in [-0.2, 0) is 4.79 Å². The molecule has 0 aromatic heterocycles. The fourth-order valence-electron chi connectivity index (χ4n) is 3.27. The first kappa shape index (κ1) is 17.1. The van der Waals surface area contributed by atoms with Gasteiger partial charge in [0.15, 0.2) is 0 Å². The summed E-state index contributed by atoms with van der Waals surface area (Å²) in [5, 5.41) is 0. The predicted molar refractivity (Wildman–Crippen MR) is 100 cm³/mol. The summed E-state index contributed by atoms with van der Waals surface area (Å²) in [5.41, 5.74) is 1.09. The quantitative estimate of drug-likeness (QED) is 0.632. The lowest BCUT2D eigenvalue weighted by Crippen LogP contribution is -2.61. The van der Waals surface area contributed by atoms with Crippen molar-refractivity contribution in [3.8, 4) is 11.5 Å². The molecule has 1 amide bonds. The Labute approximate surface area is 156 Å². The van der Waals surface area contributed by atoms with E-state index in [1.165, 1.54) is 6.07 Å². The fraction of sp³-hybridized carbons (Fsp3) is 0.136. The molecular formula is C22H18FNO3. The molecule has 0 radical (unpaired) electrons. The van der Waals surface area contributed by atoms with Gasteiger partial charge in [-0.1, -0.05) is 36.4 Å². The number of para-hydroxylation sites is 1. The number of nitrogens with zero attached hydrogens (tertiary/aromatic N) is 1.